The molecule has 1 aliphatic heterocycles. The molecular weight excluding hydrogens is 331 g/mol. The first-order valence-electron chi connectivity index (χ1n) is 7.23. The minimum Gasteiger partial charge on any atom is -0.381 e. The van der Waals surface area contributed by atoms with Gasteiger partial charge in [-0.15, -0.1) is 0 Å². The van der Waals surface area contributed by atoms with Crippen molar-refractivity contribution in [2.75, 3.05) is 19.0 Å². The van der Waals surface area contributed by atoms with E-state index in [2.05, 4.69) is 5.32 Å². The Labute approximate surface area is 134 Å². The van der Waals surface area contributed by atoms with Gasteiger partial charge in [0.2, 0.25) is 5.91 Å². The van der Waals surface area contributed by atoms with Gasteiger partial charge in [-0.1, -0.05) is 18.2 Å². The number of nitrogens with one attached hydrogen (secondary N) is 1. The highest BCUT2D eigenvalue weighted by molar-refractivity contribution is 7.84. The average molecular weight is 349 g/mol. The topological polar surface area (TPSA) is 55.4 Å². The maximum absolute atomic E-state index is 12.6. The molecule has 1 unspecified atom stereocenters. The van der Waals surface area contributed by atoms with Gasteiger partial charge in [0.1, 0.15) is 5.75 Å². The molecule has 0 bridgehead atoms. The largest absolute Gasteiger partial charge is 0.416 e. The van der Waals surface area contributed by atoms with E-state index in [0.29, 0.717) is 31.6 Å². The predicted molar refractivity (Wildman–Crippen MR) is 80.1 cm³/mol. The van der Waals surface area contributed by atoms with E-state index in [9.17, 15) is 22.2 Å². The minimum absolute atomic E-state index is 0.0156. The Hall–Kier alpha value is -1.41. The maximum atomic E-state index is 12.6. The highest BCUT2D eigenvalue weighted by Crippen LogP contribution is 2.29. The van der Waals surface area contributed by atoms with Crippen LogP contribution < -0.4 is 5.32 Å². The lowest BCUT2D eigenvalue weighted by atomic mass is 10.1. The molecule has 1 heterocycles. The number of benzene rings is 1. The van der Waals surface area contributed by atoms with Gasteiger partial charge < -0.3 is 10.1 Å². The summed E-state index contributed by atoms with van der Waals surface area (Å²) in [5.74, 6) is -0.638. The second-order valence-corrected chi connectivity index (χ2v) is 6.84. The van der Waals surface area contributed by atoms with E-state index in [1.165, 1.54) is 12.1 Å². The Balaban J connectivity index is 1.85. The number of carbonyl (C=O) groups is 1. The summed E-state index contributed by atoms with van der Waals surface area (Å²) in [7, 11) is -1.55. The minimum atomic E-state index is -4.43. The third-order valence-electron chi connectivity index (χ3n) is 3.46. The highest BCUT2D eigenvalue weighted by Gasteiger charge is 2.30. The predicted octanol–water partition coefficient (Wildman–Crippen LogP) is 2.25. The van der Waals surface area contributed by atoms with Gasteiger partial charge in [-0.2, -0.15) is 13.2 Å². The molecule has 1 aliphatic rings. The second-order valence-electron chi connectivity index (χ2n) is 5.38. The number of hydrogen-bond donors (Lipinski definition) is 1. The van der Waals surface area contributed by atoms with Crippen molar-refractivity contribution in [3.05, 3.63) is 35.4 Å². The van der Waals surface area contributed by atoms with Crippen molar-refractivity contribution < 1.29 is 26.9 Å². The van der Waals surface area contributed by atoms with Crippen LogP contribution in [0.5, 0.6) is 0 Å². The molecule has 128 valence electrons. The summed E-state index contributed by atoms with van der Waals surface area (Å²) >= 11 is 0. The van der Waals surface area contributed by atoms with Crippen molar-refractivity contribution >= 4 is 16.7 Å². The van der Waals surface area contributed by atoms with Gasteiger partial charge in [0, 0.05) is 35.8 Å². The van der Waals surface area contributed by atoms with Gasteiger partial charge in [-0.25, -0.2) is 0 Å². The molecule has 4 nitrogen and oxygen atoms in total. The Bertz CT molecular complexity index is 571. The van der Waals surface area contributed by atoms with Crippen molar-refractivity contribution in [3.63, 3.8) is 0 Å². The Morgan fingerprint density at radius 3 is 2.65 bits per heavy atom. The fraction of sp³-hybridized carbons (Fsp3) is 0.533. The Kier molecular flexibility index (Phi) is 6.17. The molecule has 1 N–H and O–H groups in total. The number of amides is 1. The molecule has 8 heteroatoms. The zero-order valence-electron chi connectivity index (χ0n) is 12.4. The van der Waals surface area contributed by atoms with Gasteiger partial charge >= 0.3 is 6.18 Å². The van der Waals surface area contributed by atoms with Crippen LogP contribution in [0.3, 0.4) is 0 Å². The molecule has 0 spiro atoms. The fourth-order valence-electron chi connectivity index (χ4n) is 2.33. The Morgan fingerprint density at radius 1 is 1.30 bits per heavy atom. The van der Waals surface area contributed by atoms with Crippen LogP contribution in [0, 0.1) is 0 Å². The average Bonchev–Trinajstić information content (AvgIpc) is 2.47. The van der Waals surface area contributed by atoms with Gasteiger partial charge in [0.15, 0.2) is 0 Å². The number of carbonyl (C=O) groups excluding carboxylic acids is 1. The van der Waals surface area contributed by atoms with E-state index in [0.717, 1.165) is 12.1 Å². The second kappa shape index (κ2) is 7.92. The molecule has 0 saturated carbocycles. The molecule has 0 aromatic heterocycles. The molecule has 1 atom stereocenters. The summed E-state index contributed by atoms with van der Waals surface area (Å²) in [6.07, 6.45) is -3.00. The van der Waals surface area contributed by atoms with Crippen LogP contribution in [0.15, 0.2) is 24.3 Å². The highest BCUT2D eigenvalue weighted by atomic mass is 32.2. The van der Waals surface area contributed by atoms with E-state index < -0.39 is 22.5 Å². The first-order valence-corrected chi connectivity index (χ1v) is 8.71. The van der Waals surface area contributed by atoms with E-state index in [-0.39, 0.29) is 23.5 Å². The zero-order chi connectivity index (χ0) is 16.9. The molecule has 2 rings (SSSR count). The van der Waals surface area contributed by atoms with Gasteiger partial charge in [-0.05, 0) is 24.5 Å². The van der Waals surface area contributed by atoms with E-state index in [4.69, 9.17) is 4.74 Å². The zero-order valence-corrected chi connectivity index (χ0v) is 13.2. The lowest BCUT2D eigenvalue weighted by Crippen LogP contribution is -2.41. The van der Waals surface area contributed by atoms with Gasteiger partial charge in [0.25, 0.3) is 0 Å². The molecule has 23 heavy (non-hydrogen) atoms. The number of rotatable bonds is 5. The molecule has 1 aromatic carbocycles. The van der Waals surface area contributed by atoms with Crippen LogP contribution in [-0.2, 0) is 32.3 Å². The van der Waals surface area contributed by atoms with Crippen LogP contribution in [0.1, 0.15) is 24.0 Å². The van der Waals surface area contributed by atoms with Crippen LogP contribution >= 0.6 is 0 Å². The normalized spacial score (nSPS) is 17.7. The number of ether oxygens (including phenoxy) is 1. The van der Waals surface area contributed by atoms with Crippen molar-refractivity contribution in [2.24, 2.45) is 0 Å². The first-order chi connectivity index (χ1) is 10.8. The summed E-state index contributed by atoms with van der Waals surface area (Å²) in [5, 5.41) is 2.78. The van der Waals surface area contributed by atoms with Crippen molar-refractivity contribution in [2.45, 2.75) is 30.8 Å². The molecule has 1 saturated heterocycles. The summed E-state index contributed by atoms with van der Waals surface area (Å²) in [5.41, 5.74) is -0.476. The van der Waals surface area contributed by atoms with Gasteiger partial charge in [-0.3, -0.25) is 9.00 Å². The molecule has 0 aliphatic carbocycles. The number of alkyl halides is 3. The van der Waals surface area contributed by atoms with Crippen molar-refractivity contribution in [3.8, 4) is 0 Å². The van der Waals surface area contributed by atoms with E-state index in [1.54, 1.807) is 0 Å². The summed E-state index contributed by atoms with van der Waals surface area (Å²) < 4.78 is 55.0. The quantitative estimate of drug-likeness (QED) is 0.887. The lowest BCUT2D eigenvalue weighted by molar-refractivity contribution is -0.137. The third kappa shape index (κ3) is 5.95. The summed E-state index contributed by atoms with van der Waals surface area (Å²) in [6, 6.07) is 4.70. The smallest absolute Gasteiger partial charge is 0.381 e. The standard InChI is InChI=1S/C15H18F3NO3S/c16-15(17,18)12-3-1-2-11(8-12)9-23(21)10-14(20)19-13-4-6-22-7-5-13/h1-3,8,13H,4-7,9-10H2,(H,19,20). The van der Waals surface area contributed by atoms with E-state index in [1.807, 2.05) is 0 Å². The third-order valence-corrected chi connectivity index (χ3v) is 4.70. The summed E-state index contributed by atoms with van der Waals surface area (Å²) in [4.78, 5) is 11.8. The van der Waals surface area contributed by atoms with Crippen LogP contribution in [0.2, 0.25) is 0 Å². The SMILES string of the molecule is O=C(CS(=O)Cc1cccc(C(F)(F)F)c1)NC1CCOCC1. The molecule has 0 radical (unpaired) electrons. The summed E-state index contributed by atoms with van der Waals surface area (Å²) in [6.45, 7) is 1.16. The molecule has 1 amide bonds. The van der Waals surface area contributed by atoms with Crippen molar-refractivity contribution in [1.82, 2.24) is 5.32 Å². The van der Waals surface area contributed by atoms with E-state index >= 15 is 0 Å². The first kappa shape index (κ1) is 17.9. The monoisotopic (exact) mass is 349 g/mol. The lowest BCUT2D eigenvalue weighted by Gasteiger charge is -2.23. The molecular formula is C15H18F3NO3S. The van der Waals surface area contributed by atoms with Crippen LogP contribution in [-0.4, -0.2) is 35.1 Å². The number of hydrogen-bond acceptors (Lipinski definition) is 3. The Morgan fingerprint density at radius 2 is 2.00 bits per heavy atom. The maximum Gasteiger partial charge on any atom is 0.416 e. The van der Waals surface area contributed by atoms with Gasteiger partial charge in [0.05, 0.1) is 5.56 Å². The molecule has 1 aromatic rings. The van der Waals surface area contributed by atoms with Crippen LogP contribution in [0.4, 0.5) is 13.2 Å². The molecule has 1 fully saturated rings. The van der Waals surface area contributed by atoms with Crippen molar-refractivity contribution in [1.29, 1.82) is 0 Å². The fourth-order valence-corrected chi connectivity index (χ4v) is 3.36. The van der Waals surface area contributed by atoms with Crippen LogP contribution in [0.25, 0.3) is 0 Å². The number of halogens is 3.